The summed E-state index contributed by atoms with van der Waals surface area (Å²) in [6.45, 7) is 3.96. The van der Waals surface area contributed by atoms with E-state index in [0.717, 1.165) is 61.1 Å². The fraction of sp³-hybridized carbons (Fsp3) is 0.526. The highest BCUT2D eigenvalue weighted by Gasteiger charge is 2.25. The lowest BCUT2D eigenvalue weighted by Gasteiger charge is -2.26. The molecule has 1 aliphatic rings. The van der Waals surface area contributed by atoms with Gasteiger partial charge in [-0.3, -0.25) is 4.79 Å². The van der Waals surface area contributed by atoms with Gasteiger partial charge in [-0.2, -0.15) is 0 Å². The molecule has 22 heavy (non-hydrogen) atoms. The second-order valence-electron chi connectivity index (χ2n) is 6.21. The van der Waals surface area contributed by atoms with E-state index in [2.05, 4.69) is 6.92 Å². The summed E-state index contributed by atoms with van der Waals surface area (Å²) in [5.74, 6) is 1.04. The molecule has 0 spiro atoms. The van der Waals surface area contributed by atoms with Crippen molar-refractivity contribution in [1.29, 1.82) is 0 Å². The number of aryl methyl sites for hydroxylation is 1. The van der Waals surface area contributed by atoms with E-state index in [1.165, 1.54) is 19.3 Å². The van der Waals surface area contributed by atoms with Crippen LogP contribution in [0.15, 0.2) is 28.7 Å². The zero-order valence-electron chi connectivity index (χ0n) is 13.4. The van der Waals surface area contributed by atoms with Crippen LogP contribution in [-0.4, -0.2) is 23.9 Å². The van der Waals surface area contributed by atoms with Gasteiger partial charge in [-0.05, 0) is 31.7 Å². The minimum absolute atomic E-state index is 0.163. The van der Waals surface area contributed by atoms with Gasteiger partial charge in [-0.1, -0.05) is 38.0 Å². The molecule has 0 N–H and O–H groups in total. The largest absolute Gasteiger partial charge is 0.460 e. The number of amides is 1. The van der Waals surface area contributed by atoms with E-state index in [1.807, 2.05) is 29.2 Å². The minimum Gasteiger partial charge on any atom is -0.460 e. The summed E-state index contributed by atoms with van der Waals surface area (Å²) in [6, 6.07) is 7.93. The molecule has 3 rings (SSSR count). The number of likely N-dealkylation sites (tertiary alicyclic amines) is 1. The maximum absolute atomic E-state index is 13.0. The van der Waals surface area contributed by atoms with Gasteiger partial charge in [0.25, 0.3) is 5.91 Å². The highest BCUT2D eigenvalue weighted by molar-refractivity contribution is 6.07. The molecule has 0 aliphatic carbocycles. The van der Waals surface area contributed by atoms with E-state index < -0.39 is 0 Å². The van der Waals surface area contributed by atoms with Gasteiger partial charge < -0.3 is 9.32 Å². The molecule has 0 bridgehead atoms. The molecule has 0 saturated carbocycles. The number of piperidine rings is 1. The Morgan fingerprint density at radius 1 is 1.14 bits per heavy atom. The smallest absolute Gasteiger partial charge is 0.258 e. The molecule has 1 aromatic heterocycles. The third-order valence-electron chi connectivity index (χ3n) is 4.53. The van der Waals surface area contributed by atoms with Gasteiger partial charge in [0, 0.05) is 24.9 Å². The monoisotopic (exact) mass is 299 g/mol. The van der Waals surface area contributed by atoms with Crippen LogP contribution in [0.3, 0.4) is 0 Å². The summed E-state index contributed by atoms with van der Waals surface area (Å²) in [4.78, 5) is 15.0. The first-order valence-electron chi connectivity index (χ1n) is 8.61. The zero-order chi connectivity index (χ0) is 15.4. The van der Waals surface area contributed by atoms with Crippen molar-refractivity contribution in [2.75, 3.05) is 13.1 Å². The van der Waals surface area contributed by atoms with Crippen molar-refractivity contribution >= 4 is 16.9 Å². The van der Waals surface area contributed by atoms with Gasteiger partial charge in [0.2, 0.25) is 0 Å². The number of hydrogen-bond donors (Lipinski definition) is 0. The summed E-state index contributed by atoms with van der Waals surface area (Å²) >= 11 is 0. The summed E-state index contributed by atoms with van der Waals surface area (Å²) in [5.41, 5.74) is 1.66. The van der Waals surface area contributed by atoms with Gasteiger partial charge >= 0.3 is 0 Å². The summed E-state index contributed by atoms with van der Waals surface area (Å²) in [6.07, 6.45) is 7.76. The maximum atomic E-state index is 13.0. The molecular weight excluding hydrogens is 274 g/mol. The third-order valence-corrected chi connectivity index (χ3v) is 4.53. The first kappa shape index (κ1) is 15.1. The van der Waals surface area contributed by atoms with Crippen molar-refractivity contribution < 1.29 is 9.21 Å². The lowest BCUT2D eigenvalue weighted by atomic mass is 10.0. The van der Waals surface area contributed by atoms with Crippen molar-refractivity contribution in [3.05, 3.63) is 35.6 Å². The first-order chi connectivity index (χ1) is 10.8. The van der Waals surface area contributed by atoms with Crippen LogP contribution in [0.5, 0.6) is 0 Å². The Bertz CT molecular complexity index is 638. The fourth-order valence-electron chi connectivity index (χ4n) is 3.30. The second kappa shape index (κ2) is 6.99. The molecular formula is C19H25NO2. The normalized spacial score (nSPS) is 15.4. The van der Waals surface area contributed by atoms with Crippen molar-refractivity contribution in [3.8, 4) is 0 Å². The predicted octanol–water partition coefficient (Wildman–Crippen LogP) is 4.79. The van der Waals surface area contributed by atoms with Gasteiger partial charge in [0.1, 0.15) is 11.3 Å². The molecule has 0 atom stereocenters. The van der Waals surface area contributed by atoms with Gasteiger partial charge in [-0.25, -0.2) is 0 Å². The quantitative estimate of drug-likeness (QED) is 0.744. The highest BCUT2D eigenvalue weighted by Crippen LogP contribution is 2.29. The van der Waals surface area contributed by atoms with Crippen LogP contribution < -0.4 is 0 Å². The maximum Gasteiger partial charge on any atom is 0.258 e. The van der Waals surface area contributed by atoms with Gasteiger partial charge in [-0.15, -0.1) is 0 Å². The summed E-state index contributed by atoms with van der Waals surface area (Å²) in [5, 5.41) is 0.976. The number of unbranched alkanes of at least 4 members (excludes halogenated alkanes) is 2. The lowest BCUT2D eigenvalue weighted by molar-refractivity contribution is 0.0723. The number of hydrogen-bond acceptors (Lipinski definition) is 2. The van der Waals surface area contributed by atoms with Crippen LogP contribution in [0.4, 0.5) is 0 Å². The Balaban J connectivity index is 1.93. The Kier molecular flexibility index (Phi) is 4.81. The van der Waals surface area contributed by atoms with E-state index in [4.69, 9.17) is 4.42 Å². The highest BCUT2D eigenvalue weighted by atomic mass is 16.3. The predicted molar refractivity (Wildman–Crippen MR) is 89.2 cm³/mol. The molecule has 118 valence electrons. The topological polar surface area (TPSA) is 33.5 Å². The van der Waals surface area contributed by atoms with E-state index in [0.29, 0.717) is 0 Å². The molecule has 1 amide bonds. The Morgan fingerprint density at radius 2 is 1.91 bits per heavy atom. The average Bonchev–Trinajstić information content (AvgIpc) is 2.93. The molecule has 3 nitrogen and oxygen atoms in total. The van der Waals surface area contributed by atoms with Crippen molar-refractivity contribution in [2.45, 2.75) is 51.9 Å². The van der Waals surface area contributed by atoms with Crippen LogP contribution in [0.1, 0.15) is 61.6 Å². The van der Waals surface area contributed by atoms with Crippen LogP contribution in [0.25, 0.3) is 11.0 Å². The van der Waals surface area contributed by atoms with Crippen molar-refractivity contribution in [1.82, 2.24) is 4.90 Å². The molecule has 3 heteroatoms. The SMILES string of the molecule is CCCCCc1oc2ccccc2c1C(=O)N1CCCCC1. The Morgan fingerprint density at radius 3 is 2.68 bits per heavy atom. The molecule has 2 heterocycles. The van der Waals surface area contributed by atoms with Gasteiger partial charge in [0.15, 0.2) is 0 Å². The molecule has 1 aliphatic heterocycles. The van der Waals surface area contributed by atoms with E-state index in [9.17, 15) is 4.79 Å². The van der Waals surface area contributed by atoms with E-state index in [1.54, 1.807) is 0 Å². The van der Waals surface area contributed by atoms with E-state index >= 15 is 0 Å². The second-order valence-corrected chi connectivity index (χ2v) is 6.21. The number of carbonyl (C=O) groups is 1. The Labute approximate surface area is 132 Å². The number of benzene rings is 1. The molecule has 0 radical (unpaired) electrons. The number of furan rings is 1. The van der Waals surface area contributed by atoms with Gasteiger partial charge in [0.05, 0.1) is 5.56 Å². The summed E-state index contributed by atoms with van der Waals surface area (Å²) < 4.78 is 6.01. The van der Waals surface area contributed by atoms with Crippen molar-refractivity contribution in [3.63, 3.8) is 0 Å². The Hall–Kier alpha value is -1.77. The number of fused-ring (bicyclic) bond motifs is 1. The standard InChI is InChI=1S/C19H25NO2/c1-2-3-5-12-17-18(15-10-6-7-11-16(15)22-17)19(21)20-13-8-4-9-14-20/h6-7,10-11H,2-5,8-9,12-14H2,1H3. The van der Waals surface area contributed by atoms with Crippen LogP contribution in [-0.2, 0) is 6.42 Å². The number of carbonyl (C=O) groups excluding carboxylic acids is 1. The first-order valence-corrected chi connectivity index (χ1v) is 8.61. The minimum atomic E-state index is 0.163. The zero-order valence-corrected chi connectivity index (χ0v) is 13.4. The number of rotatable bonds is 5. The summed E-state index contributed by atoms with van der Waals surface area (Å²) in [7, 11) is 0. The van der Waals surface area contributed by atoms with Crippen LogP contribution in [0, 0.1) is 0 Å². The van der Waals surface area contributed by atoms with Crippen molar-refractivity contribution in [2.24, 2.45) is 0 Å². The molecule has 0 unspecified atom stereocenters. The number of nitrogens with zero attached hydrogens (tertiary/aromatic N) is 1. The number of para-hydroxylation sites is 1. The van der Waals surface area contributed by atoms with E-state index in [-0.39, 0.29) is 5.91 Å². The molecule has 2 aromatic rings. The fourth-order valence-corrected chi connectivity index (χ4v) is 3.30. The molecule has 1 fully saturated rings. The van der Waals surface area contributed by atoms with Crippen LogP contribution in [0.2, 0.25) is 0 Å². The average molecular weight is 299 g/mol. The molecule has 1 saturated heterocycles. The molecule has 1 aromatic carbocycles. The van der Waals surface area contributed by atoms with Crippen LogP contribution >= 0.6 is 0 Å². The third kappa shape index (κ3) is 3.03. The lowest BCUT2D eigenvalue weighted by Crippen LogP contribution is -2.35.